The molecule has 6 heteroatoms. The second-order valence-corrected chi connectivity index (χ2v) is 6.39. The summed E-state index contributed by atoms with van der Waals surface area (Å²) in [5.41, 5.74) is 3.75. The van der Waals surface area contributed by atoms with Crippen LogP contribution in [0.4, 0.5) is 5.82 Å². The van der Waals surface area contributed by atoms with Crippen LogP contribution < -0.4 is 4.90 Å². The number of ether oxygens (including phenoxy) is 1. The maximum absolute atomic E-state index is 12.0. The number of benzene rings is 1. The molecule has 0 saturated heterocycles. The van der Waals surface area contributed by atoms with E-state index in [0.717, 1.165) is 35.4 Å². The number of anilines is 1. The van der Waals surface area contributed by atoms with Gasteiger partial charge in [-0.2, -0.15) is 0 Å². The molecule has 0 amide bonds. The van der Waals surface area contributed by atoms with E-state index in [1.54, 1.807) is 6.92 Å². The summed E-state index contributed by atoms with van der Waals surface area (Å²) in [5.74, 6) is 0.405. The first-order valence-corrected chi connectivity index (χ1v) is 8.40. The first-order valence-electron chi connectivity index (χ1n) is 7.61. The normalized spacial score (nSPS) is 13.6. The summed E-state index contributed by atoms with van der Waals surface area (Å²) >= 11 is 3.52. The maximum Gasteiger partial charge on any atom is 0.357 e. The van der Waals surface area contributed by atoms with E-state index in [1.807, 2.05) is 6.92 Å². The van der Waals surface area contributed by atoms with Crippen LogP contribution in [0.5, 0.6) is 0 Å². The van der Waals surface area contributed by atoms with Gasteiger partial charge in [0.15, 0.2) is 5.69 Å². The minimum absolute atomic E-state index is 0.336. The van der Waals surface area contributed by atoms with Crippen LogP contribution in [0.2, 0.25) is 0 Å². The molecule has 120 valence electrons. The molecule has 1 aromatic carbocycles. The lowest BCUT2D eigenvalue weighted by Gasteiger charge is -2.31. The molecule has 2 aromatic rings. The third kappa shape index (κ3) is 3.22. The number of carbonyl (C=O) groups excluding carboxylic acids is 1. The van der Waals surface area contributed by atoms with Gasteiger partial charge in [0.2, 0.25) is 0 Å². The van der Waals surface area contributed by atoms with Gasteiger partial charge in [0.25, 0.3) is 0 Å². The molecule has 0 atom stereocenters. The molecule has 1 aliphatic heterocycles. The molecule has 5 nitrogen and oxygen atoms in total. The topological polar surface area (TPSA) is 55.3 Å². The molecule has 0 bridgehead atoms. The number of hydrogen-bond acceptors (Lipinski definition) is 5. The Labute approximate surface area is 143 Å². The van der Waals surface area contributed by atoms with Crippen LogP contribution in [-0.4, -0.2) is 29.1 Å². The number of aromatic nitrogens is 2. The Kier molecular flexibility index (Phi) is 4.61. The zero-order valence-electron chi connectivity index (χ0n) is 13.2. The summed E-state index contributed by atoms with van der Waals surface area (Å²) in [7, 11) is 0. The van der Waals surface area contributed by atoms with Crippen molar-refractivity contribution in [3.05, 3.63) is 51.4 Å². The van der Waals surface area contributed by atoms with E-state index in [1.165, 1.54) is 17.5 Å². The lowest BCUT2D eigenvalue weighted by Crippen LogP contribution is -2.32. The first kappa shape index (κ1) is 15.9. The highest BCUT2D eigenvalue weighted by Crippen LogP contribution is 2.28. The van der Waals surface area contributed by atoms with Crippen molar-refractivity contribution in [1.82, 2.24) is 9.97 Å². The van der Waals surface area contributed by atoms with E-state index in [4.69, 9.17) is 4.74 Å². The number of nitrogens with zero attached hydrogens (tertiary/aromatic N) is 3. The fraction of sp³-hybridized carbons (Fsp3) is 0.353. The van der Waals surface area contributed by atoms with Crippen molar-refractivity contribution in [2.24, 2.45) is 0 Å². The molecule has 0 fully saturated rings. The molecule has 0 spiro atoms. The van der Waals surface area contributed by atoms with E-state index >= 15 is 0 Å². The van der Waals surface area contributed by atoms with E-state index in [9.17, 15) is 4.79 Å². The van der Waals surface area contributed by atoms with E-state index in [-0.39, 0.29) is 0 Å². The van der Waals surface area contributed by atoms with Crippen LogP contribution in [0.1, 0.15) is 34.1 Å². The van der Waals surface area contributed by atoms with Gasteiger partial charge in [-0.15, -0.1) is 0 Å². The number of rotatable bonds is 3. The molecule has 0 N–H and O–H groups in total. The highest BCUT2D eigenvalue weighted by molar-refractivity contribution is 9.10. The molecular formula is C17H18BrN3O2. The number of halogens is 1. The molecule has 0 unspecified atom stereocenters. The summed E-state index contributed by atoms with van der Waals surface area (Å²) in [5, 5.41) is 0. The SMILES string of the molecule is CCOC(=O)c1ncnc(N2CCc3ccc(Br)cc3C2)c1C. The highest BCUT2D eigenvalue weighted by atomic mass is 79.9. The summed E-state index contributed by atoms with van der Waals surface area (Å²) in [4.78, 5) is 22.7. The molecule has 0 aliphatic carbocycles. The maximum atomic E-state index is 12.0. The Hall–Kier alpha value is -1.95. The lowest BCUT2D eigenvalue weighted by molar-refractivity contribution is 0.0518. The van der Waals surface area contributed by atoms with Crippen LogP contribution in [-0.2, 0) is 17.7 Å². The predicted octanol–water partition coefficient (Wildman–Crippen LogP) is 3.29. The van der Waals surface area contributed by atoms with Crippen molar-refractivity contribution in [2.45, 2.75) is 26.8 Å². The number of esters is 1. The quantitative estimate of drug-likeness (QED) is 0.770. The van der Waals surface area contributed by atoms with Gasteiger partial charge in [-0.25, -0.2) is 14.8 Å². The Bertz CT molecular complexity index is 749. The first-order chi connectivity index (χ1) is 11.1. The summed E-state index contributed by atoms with van der Waals surface area (Å²) < 4.78 is 6.14. The predicted molar refractivity (Wildman–Crippen MR) is 91.6 cm³/mol. The van der Waals surface area contributed by atoms with E-state index < -0.39 is 5.97 Å². The lowest BCUT2D eigenvalue weighted by atomic mass is 9.99. The van der Waals surface area contributed by atoms with Crippen LogP contribution >= 0.6 is 15.9 Å². The van der Waals surface area contributed by atoms with Crippen molar-refractivity contribution in [1.29, 1.82) is 0 Å². The minimum Gasteiger partial charge on any atom is -0.461 e. The standard InChI is InChI=1S/C17H18BrN3O2/c1-3-23-17(22)15-11(2)16(20-10-19-15)21-7-6-12-4-5-14(18)8-13(12)9-21/h4-5,8,10H,3,6-7,9H2,1-2H3. The Morgan fingerprint density at radius 2 is 2.17 bits per heavy atom. The van der Waals surface area contributed by atoms with Gasteiger partial charge in [-0.05, 0) is 43.5 Å². The summed E-state index contributed by atoms with van der Waals surface area (Å²) in [6.07, 6.45) is 2.39. The molecule has 1 aromatic heterocycles. The number of carbonyl (C=O) groups is 1. The third-order valence-electron chi connectivity index (χ3n) is 4.01. The van der Waals surface area contributed by atoms with E-state index in [2.05, 4.69) is 49.0 Å². The molecular weight excluding hydrogens is 358 g/mol. The smallest absolute Gasteiger partial charge is 0.357 e. The largest absolute Gasteiger partial charge is 0.461 e. The number of fused-ring (bicyclic) bond motifs is 1. The van der Waals surface area contributed by atoms with Crippen molar-refractivity contribution in [2.75, 3.05) is 18.1 Å². The Morgan fingerprint density at radius 3 is 2.96 bits per heavy atom. The van der Waals surface area contributed by atoms with Gasteiger partial charge in [0.05, 0.1) is 6.61 Å². The zero-order valence-corrected chi connectivity index (χ0v) is 14.8. The minimum atomic E-state index is -0.395. The average Bonchev–Trinajstić information content (AvgIpc) is 2.54. The Balaban J connectivity index is 1.91. The highest BCUT2D eigenvalue weighted by Gasteiger charge is 2.22. The van der Waals surface area contributed by atoms with Crippen molar-refractivity contribution < 1.29 is 9.53 Å². The van der Waals surface area contributed by atoms with Gasteiger partial charge < -0.3 is 9.64 Å². The van der Waals surface area contributed by atoms with Crippen LogP contribution in [0.25, 0.3) is 0 Å². The van der Waals surface area contributed by atoms with Gasteiger partial charge in [-0.1, -0.05) is 22.0 Å². The molecule has 0 radical (unpaired) electrons. The number of hydrogen-bond donors (Lipinski definition) is 0. The molecule has 1 aliphatic rings. The van der Waals surface area contributed by atoms with Gasteiger partial charge >= 0.3 is 5.97 Å². The van der Waals surface area contributed by atoms with Gasteiger partial charge in [-0.3, -0.25) is 0 Å². The van der Waals surface area contributed by atoms with Gasteiger partial charge in [0.1, 0.15) is 12.1 Å². The molecule has 23 heavy (non-hydrogen) atoms. The molecule has 0 saturated carbocycles. The second-order valence-electron chi connectivity index (χ2n) is 5.48. The van der Waals surface area contributed by atoms with Crippen molar-refractivity contribution in [3.63, 3.8) is 0 Å². The summed E-state index contributed by atoms with van der Waals surface area (Å²) in [6, 6.07) is 6.38. The molecule has 2 heterocycles. The van der Waals surface area contributed by atoms with Crippen LogP contribution in [0, 0.1) is 6.92 Å². The van der Waals surface area contributed by atoms with E-state index in [0.29, 0.717) is 12.3 Å². The average molecular weight is 376 g/mol. The zero-order chi connectivity index (χ0) is 16.4. The fourth-order valence-corrected chi connectivity index (χ4v) is 3.28. The van der Waals surface area contributed by atoms with Crippen molar-refractivity contribution >= 4 is 27.7 Å². The monoisotopic (exact) mass is 375 g/mol. The van der Waals surface area contributed by atoms with Crippen molar-refractivity contribution in [3.8, 4) is 0 Å². The Morgan fingerprint density at radius 1 is 1.35 bits per heavy atom. The molecule has 3 rings (SSSR count). The van der Waals surface area contributed by atoms with Crippen LogP contribution in [0.3, 0.4) is 0 Å². The second kappa shape index (κ2) is 6.66. The fourth-order valence-electron chi connectivity index (χ4n) is 2.87. The summed E-state index contributed by atoms with van der Waals surface area (Å²) in [6.45, 7) is 5.64. The van der Waals surface area contributed by atoms with Gasteiger partial charge in [0, 0.05) is 23.1 Å². The van der Waals surface area contributed by atoms with Crippen LogP contribution in [0.15, 0.2) is 29.0 Å². The third-order valence-corrected chi connectivity index (χ3v) is 4.50.